The van der Waals surface area contributed by atoms with Crippen molar-refractivity contribution >= 4 is 33.5 Å². The molecule has 0 heterocycles. The largest absolute Gasteiger partial charge is 0.481 e. The lowest BCUT2D eigenvalue weighted by atomic mass is 10.1. The summed E-state index contributed by atoms with van der Waals surface area (Å²) in [5, 5.41) is 11.1. The van der Waals surface area contributed by atoms with E-state index in [0.29, 0.717) is 24.2 Å². The molecular weight excluding hydrogens is 288 g/mol. The molecule has 0 aliphatic carbocycles. The van der Waals surface area contributed by atoms with E-state index in [4.69, 9.17) is 10.8 Å². The average Bonchev–Trinajstić information content (AvgIpc) is 2.27. The normalized spacial score (nSPS) is 9.94. The van der Waals surface area contributed by atoms with Gasteiger partial charge in [-0.15, -0.1) is 0 Å². The molecule has 0 saturated heterocycles. The van der Waals surface area contributed by atoms with Crippen molar-refractivity contribution in [3.8, 4) is 0 Å². The smallest absolute Gasteiger partial charge is 0.303 e. The van der Waals surface area contributed by atoms with Gasteiger partial charge in [0.1, 0.15) is 0 Å². The Morgan fingerprint density at radius 3 is 2.76 bits per heavy atom. The van der Waals surface area contributed by atoms with Crippen LogP contribution in [0.3, 0.4) is 0 Å². The van der Waals surface area contributed by atoms with E-state index in [9.17, 15) is 9.59 Å². The summed E-state index contributed by atoms with van der Waals surface area (Å²) in [6.07, 6.45) is 0.434. The first-order valence-corrected chi connectivity index (χ1v) is 5.85. The van der Waals surface area contributed by atoms with Crippen LogP contribution >= 0.6 is 15.9 Å². The summed E-state index contributed by atoms with van der Waals surface area (Å²) in [6, 6.07) is 5.01. The molecule has 17 heavy (non-hydrogen) atoms. The van der Waals surface area contributed by atoms with Gasteiger partial charge in [-0.25, -0.2) is 0 Å². The Labute approximate surface area is 107 Å². The van der Waals surface area contributed by atoms with Crippen molar-refractivity contribution in [1.29, 1.82) is 0 Å². The van der Waals surface area contributed by atoms with E-state index >= 15 is 0 Å². The lowest BCUT2D eigenvalue weighted by Crippen LogP contribution is -2.25. The first-order valence-electron chi connectivity index (χ1n) is 5.05. The van der Waals surface area contributed by atoms with Gasteiger partial charge in [-0.3, -0.25) is 9.59 Å². The fourth-order valence-electron chi connectivity index (χ4n) is 1.26. The molecular formula is C11H13BrN2O3. The number of hydrogen-bond acceptors (Lipinski definition) is 3. The predicted molar refractivity (Wildman–Crippen MR) is 67.8 cm³/mol. The monoisotopic (exact) mass is 300 g/mol. The molecule has 0 saturated carbocycles. The number of amides is 1. The average molecular weight is 301 g/mol. The van der Waals surface area contributed by atoms with Gasteiger partial charge in [0.25, 0.3) is 5.91 Å². The third-order valence-corrected chi connectivity index (χ3v) is 2.61. The summed E-state index contributed by atoms with van der Waals surface area (Å²) in [6.45, 7) is 0.317. The number of benzene rings is 1. The molecule has 0 unspecified atom stereocenters. The van der Waals surface area contributed by atoms with Crippen LogP contribution in [0.4, 0.5) is 5.69 Å². The van der Waals surface area contributed by atoms with E-state index in [1.807, 2.05) is 0 Å². The number of aliphatic carboxylic acids is 1. The third-order valence-electron chi connectivity index (χ3n) is 2.11. The molecule has 1 rings (SSSR count). The molecule has 1 aromatic rings. The molecule has 0 spiro atoms. The number of carbonyl (C=O) groups excluding carboxylic acids is 1. The van der Waals surface area contributed by atoms with Crippen molar-refractivity contribution in [2.24, 2.45) is 0 Å². The molecule has 1 aromatic carbocycles. The summed E-state index contributed by atoms with van der Waals surface area (Å²) in [7, 11) is 0. The van der Waals surface area contributed by atoms with Gasteiger partial charge in [0.05, 0.1) is 5.56 Å². The molecule has 1 amide bonds. The van der Waals surface area contributed by atoms with Gasteiger partial charge in [-0.05, 0) is 24.6 Å². The second-order valence-corrected chi connectivity index (χ2v) is 4.40. The van der Waals surface area contributed by atoms with Crippen LogP contribution in [0, 0.1) is 0 Å². The highest BCUT2D eigenvalue weighted by molar-refractivity contribution is 9.10. The zero-order valence-electron chi connectivity index (χ0n) is 9.07. The van der Waals surface area contributed by atoms with E-state index in [2.05, 4.69) is 21.2 Å². The van der Waals surface area contributed by atoms with Crippen LogP contribution in [0.15, 0.2) is 22.7 Å². The number of nitrogens with one attached hydrogen (secondary N) is 1. The molecule has 0 fully saturated rings. The first-order chi connectivity index (χ1) is 8.00. The van der Waals surface area contributed by atoms with Crippen molar-refractivity contribution in [2.45, 2.75) is 12.8 Å². The Morgan fingerprint density at radius 2 is 2.12 bits per heavy atom. The second kappa shape index (κ2) is 6.24. The standard InChI is InChI=1S/C11H13BrN2O3/c12-7-3-4-9(13)8(6-7)11(17)14-5-1-2-10(15)16/h3-4,6H,1-2,5,13H2,(H,14,17)(H,15,16). The van der Waals surface area contributed by atoms with Gasteiger partial charge in [0.2, 0.25) is 0 Å². The number of hydrogen-bond donors (Lipinski definition) is 3. The van der Waals surface area contributed by atoms with Gasteiger partial charge in [-0.1, -0.05) is 15.9 Å². The van der Waals surface area contributed by atoms with E-state index in [0.717, 1.165) is 4.47 Å². The Balaban J connectivity index is 2.52. The van der Waals surface area contributed by atoms with Gasteiger partial charge < -0.3 is 16.2 Å². The molecule has 5 nitrogen and oxygen atoms in total. The topological polar surface area (TPSA) is 92.4 Å². The molecule has 6 heteroatoms. The highest BCUT2D eigenvalue weighted by Crippen LogP contribution is 2.18. The summed E-state index contributed by atoms with van der Waals surface area (Å²) >= 11 is 3.25. The second-order valence-electron chi connectivity index (χ2n) is 3.48. The minimum atomic E-state index is -0.874. The van der Waals surface area contributed by atoms with E-state index in [-0.39, 0.29) is 12.3 Å². The number of halogens is 1. The molecule has 0 atom stereocenters. The van der Waals surface area contributed by atoms with Crippen molar-refractivity contribution in [1.82, 2.24) is 5.32 Å². The summed E-state index contributed by atoms with van der Waals surface area (Å²) in [4.78, 5) is 22.0. The van der Waals surface area contributed by atoms with E-state index in [1.165, 1.54) is 0 Å². The minimum absolute atomic E-state index is 0.0360. The number of carbonyl (C=O) groups is 2. The maximum absolute atomic E-state index is 11.7. The number of nitrogen functional groups attached to an aromatic ring is 1. The lowest BCUT2D eigenvalue weighted by Gasteiger charge is -2.07. The van der Waals surface area contributed by atoms with Crippen LogP contribution in [-0.4, -0.2) is 23.5 Å². The maximum atomic E-state index is 11.7. The summed E-state index contributed by atoms with van der Waals surface area (Å²) < 4.78 is 0.766. The van der Waals surface area contributed by atoms with Crippen LogP contribution in [0.25, 0.3) is 0 Å². The minimum Gasteiger partial charge on any atom is -0.481 e. The highest BCUT2D eigenvalue weighted by Gasteiger charge is 2.09. The number of anilines is 1. The summed E-state index contributed by atoms with van der Waals surface area (Å²) in [5.74, 6) is -1.17. The van der Waals surface area contributed by atoms with Crippen molar-refractivity contribution in [3.63, 3.8) is 0 Å². The zero-order chi connectivity index (χ0) is 12.8. The number of rotatable bonds is 5. The van der Waals surface area contributed by atoms with Crippen LogP contribution in [0.5, 0.6) is 0 Å². The van der Waals surface area contributed by atoms with Crippen molar-refractivity contribution in [3.05, 3.63) is 28.2 Å². The molecule has 0 aliphatic rings. The molecule has 0 aromatic heterocycles. The first kappa shape index (κ1) is 13.5. The van der Waals surface area contributed by atoms with Gasteiger partial charge >= 0.3 is 5.97 Å². The highest BCUT2D eigenvalue weighted by atomic mass is 79.9. The quantitative estimate of drug-likeness (QED) is 0.569. The Bertz CT molecular complexity index is 435. The van der Waals surface area contributed by atoms with E-state index < -0.39 is 5.97 Å². The molecule has 0 aliphatic heterocycles. The number of carboxylic acids is 1. The van der Waals surface area contributed by atoms with Crippen molar-refractivity contribution in [2.75, 3.05) is 12.3 Å². The Kier molecular flexibility index (Phi) is 4.96. The van der Waals surface area contributed by atoms with Crippen LogP contribution in [0.2, 0.25) is 0 Å². The van der Waals surface area contributed by atoms with Crippen molar-refractivity contribution < 1.29 is 14.7 Å². The van der Waals surface area contributed by atoms with Crippen LogP contribution in [0.1, 0.15) is 23.2 Å². The van der Waals surface area contributed by atoms with Gasteiger partial charge in [-0.2, -0.15) is 0 Å². The molecule has 0 radical (unpaired) electrons. The maximum Gasteiger partial charge on any atom is 0.303 e. The lowest BCUT2D eigenvalue weighted by molar-refractivity contribution is -0.137. The fourth-order valence-corrected chi connectivity index (χ4v) is 1.62. The molecule has 92 valence electrons. The van der Waals surface area contributed by atoms with Crippen LogP contribution in [-0.2, 0) is 4.79 Å². The fraction of sp³-hybridized carbons (Fsp3) is 0.273. The van der Waals surface area contributed by atoms with Crippen LogP contribution < -0.4 is 11.1 Å². The van der Waals surface area contributed by atoms with Gasteiger partial charge in [0.15, 0.2) is 0 Å². The third kappa shape index (κ3) is 4.44. The van der Waals surface area contributed by atoms with Gasteiger partial charge in [0, 0.05) is 23.1 Å². The SMILES string of the molecule is Nc1ccc(Br)cc1C(=O)NCCCC(=O)O. The number of carboxylic acid groups (broad SMARTS) is 1. The predicted octanol–water partition coefficient (Wildman–Crippen LogP) is 1.63. The number of nitrogens with two attached hydrogens (primary N) is 1. The summed E-state index contributed by atoms with van der Waals surface area (Å²) in [5.41, 5.74) is 6.44. The zero-order valence-corrected chi connectivity index (χ0v) is 10.7. The Morgan fingerprint density at radius 1 is 1.41 bits per heavy atom. The Hall–Kier alpha value is -1.56. The molecule has 0 bridgehead atoms. The molecule has 4 N–H and O–H groups in total. The van der Waals surface area contributed by atoms with E-state index in [1.54, 1.807) is 18.2 Å².